The van der Waals surface area contributed by atoms with Crippen LogP contribution < -0.4 is 0 Å². The first-order chi connectivity index (χ1) is 6.31. The fraction of sp³-hybridized carbons (Fsp3) is 0.182. The lowest BCUT2D eigenvalue weighted by molar-refractivity contribution is -0.135. The van der Waals surface area contributed by atoms with Crippen molar-refractivity contribution in [2.45, 2.75) is 6.42 Å². The average Bonchev–Trinajstić information content (AvgIpc) is 2.73. The molecule has 3 rings (SSSR count). The molecule has 1 saturated heterocycles. The van der Waals surface area contributed by atoms with Crippen LogP contribution in [0.4, 0.5) is 0 Å². The minimum absolute atomic E-state index is 0.0718. The number of rotatable bonds is 0. The highest BCUT2D eigenvalue weighted by Gasteiger charge is 2.20. The molecule has 1 fully saturated rings. The molecule has 0 unspecified atom stereocenters. The van der Waals surface area contributed by atoms with Crippen LogP contribution in [-0.4, -0.2) is 17.4 Å². The van der Waals surface area contributed by atoms with Crippen LogP contribution in [0.5, 0.6) is 0 Å². The van der Waals surface area contributed by atoms with E-state index in [0.29, 0.717) is 6.42 Å². The molecule has 0 aromatic carbocycles. The van der Waals surface area contributed by atoms with Crippen LogP contribution in [0.15, 0.2) is 24.3 Å². The molecule has 2 heteroatoms. The van der Waals surface area contributed by atoms with Gasteiger partial charge in [0.1, 0.15) is 0 Å². The van der Waals surface area contributed by atoms with Gasteiger partial charge in [-0.1, -0.05) is 24.6 Å². The molecule has 13 heavy (non-hydrogen) atoms. The van der Waals surface area contributed by atoms with Crippen LogP contribution in [0, 0.1) is 12.5 Å². The third-order valence-corrected chi connectivity index (χ3v) is 2.12. The van der Waals surface area contributed by atoms with Gasteiger partial charge in [-0.05, 0) is 17.2 Å². The van der Waals surface area contributed by atoms with Gasteiger partial charge < -0.3 is 0 Å². The highest BCUT2D eigenvalue weighted by molar-refractivity contribution is 5.83. The second kappa shape index (κ2) is 2.95. The van der Waals surface area contributed by atoms with Gasteiger partial charge in [-0.3, -0.25) is 9.69 Å². The van der Waals surface area contributed by atoms with Gasteiger partial charge in [-0.15, -0.1) is 0 Å². The molecule has 0 radical (unpaired) electrons. The molecule has 0 aromatic rings. The number of hydrogen-bond acceptors (Lipinski definition) is 1. The smallest absolute Gasteiger partial charge is 0.235 e. The molecule has 0 aromatic heterocycles. The third-order valence-electron chi connectivity index (χ3n) is 2.12. The molecule has 1 aliphatic heterocycles. The Morgan fingerprint density at radius 2 is 2.08 bits per heavy atom. The normalized spacial score (nSPS) is 15.0. The fourth-order valence-corrected chi connectivity index (χ4v) is 1.13. The molecule has 0 atom stereocenters. The molecule has 1 amide bonds. The number of fused-ring (bicyclic) bond motifs is 1. The Morgan fingerprint density at radius 1 is 1.38 bits per heavy atom. The molecule has 3 aliphatic rings. The summed E-state index contributed by atoms with van der Waals surface area (Å²) in [5.41, 5.74) is 2.85. The molecule has 64 valence electrons. The van der Waals surface area contributed by atoms with Crippen LogP contribution >= 0.6 is 0 Å². The predicted molar refractivity (Wildman–Crippen MR) is 50.6 cm³/mol. The van der Waals surface area contributed by atoms with E-state index in [-0.39, 0.29) is 5.91 Å². The minimum atomic E-state index is 0.0718. The van der Waals surface area contributed by atoms with Crippen molar-refractivity contribution in [3.05, 3.63) is 24.3 Å². The van der Waals surface area contributed by atoms with Gasteiger partial charge in [0.15, 0.2) is 0 Å². The van der Waals surface area contributed by atoms with Crippen molar-refractivity contribution in [3.8, 4) is 23.6 Å². The summed E-state index contributed by atoms with van der Waals surface area (Å²) in [4.78, 5) is 11.6. The van der Waals surface area contributed by atoms with E-state index in [1.165, 1.54) is 16.0 Å². The van der Waals surface area contributed by atoms with Crippen molar-refractivity contribution in [2.24, 2.45) is 0 Å². The number of β-lactam (4-membered cyclic amide) rings is 1. The van der Waals surface area contributed by atoms with E-state index in [1.54, 1.807) is 0 Å². The third kappa shape index (κ3) is 1.54. The highest BCUT2D eigenvalue weighted by atomic mass is 16.2. The second-order valence-electron chi connectivity index (χ2n) is 3.01. The fourth-order valence-electron chi connectivity index (χ4n) is 1.13. The van der Waals surface area contributed by atoms with Crippen molar-refractivity contribution in [1.29, 1.82) is 0 Å². The molecule has 0 bridgehead atoms. The SMILES string of the molecule is C#CN1CCC1=O.c1cc2cc-2c1. The Morgan fingerprint density at radius 3 is 2.15 bits per heavy atom. The topological polar surface area (TPSA) is 20.3 Å². The zero-order chi connectivity index (χ0) is 9.26. The molecule has 2 nitrogen and oxygen atoms in total. The van der Waals surface area contributed by atoms with E-state index in [2.05, 4.69) is 30.3 Å². The summed E-state index contributed by atoms with van der Waals surface area (Å²) in [6, 6.07) is 10.7. The lowest BCUT2D eigenvalue weighted by Crippen LogP contribution is -2.39. The maximum Gasteiger partial charge on any atom is 0.235 e. The van der Waals surface area contributed by atoms with Gasteiger partial charge in [0, 0.05) is 19.0 Å². The van der Waals surface area contributed by atoms with Gasteiger partial charge in [0.25, 0.3) is 0 Å². The van der Waals surface area contributed by atoms with E-state index in [9.17, 15) is 4.79 Å². The molecule has 2 aliphatic carbocycles. The van der Waals surface area contributed by atoms with Crippen molar-refractivity contribution in [3.63, 3.8) is 0 Å². The van der Waals surface area contributed by atoms with Crippen LogP contribution in [0.1, 0.15) is 6.42 Å². The summed E-state index contributed by atoms with van der Waals surface area (Å²) in [7, 11) is 0. The lowest BCUT2D eigenvalue weighted by Gasteiger charge is -2.22. The van der Waals surface area contributed by atoms with Crippen LogP contribution in [0.25, 0.3) is 11.1 Å². The average molecular weight is 171 g/mol. The zero-order valence-electron chi connectivity index (χ0n) is 7.16. The maximum absolute atomic E-state index is 10.2. The van der Waals surface area contributed by atoms with Gasteiger partial charge in [0.05, 0.1) is 0 Å². The molecule has 1 heterocycles. The molecule has 0 spiro atoms. The lowest BCUT2D eigenvalue weighted by atomic mass is 10.2. The van der Waals surface area contributed by atoms with Crippen molar-refractivity contribution in [1.82, 2.24) is 4.90 Å². The highest BCUT2D eigenvalue weighted by Crippen LogP contribution is 2.32. The van der Waals surface area contributed by atoms with Crippen molar-refractivity contribution in [2.75, 3.05) is 6.54 Å². The molecule has 0 saturated carbocycles. The standard InChI is InChI=1S/C6H4.C5H5NO/c1-2-5-4-6(5)3-1;1-2-6-4-3-5(6)7/h1-4H;1H,3-4H2. The summed E-state index contributed by atoms with van der Waals surface area (Å²) in [6.45, 7) is 0.745. The van der Waals surface area contributed by atoms with Gasteiger partial charge in [0.2, 0.25) is 5.91 Å². The first-order valence-corrected chi connectivity index (χ1v) is 4.18. The van der Waals surface area contributed by atoms with E-state index < -0.39 is 0 Å². The first-order valence-electron chi connectivity index (χ1n) is 4.18. The summed E-state index contributed by atoms with van der Waals surface area (Å²) in [5, 5.41) is 0. The number of likely N-dealkylation sites (tertiary alicyclic amines) is 1. The minimum Gasteiger partial charge on any atom is -0.274 e. The number of amides is 1. The number of carbonyl (C=O) groups excluding carboxylic acids is 1. The van der Waals surface area contributed by atoms with E-state index in [0.717, 1.165) is 6.54 Å². The molecule has 0 N–H and O–H groups in total. The number of carbonyl (C=O) groups is 1. The summed E-state index contributed by atoms with van der Waals surface area (Å²) < 4.78 is 0. The van der Waals surface area contributed by atoms with E-state index in [4.69, 9.17) is 6.42 Å². The Hall–Kier alpha value is -1.75. The Labute approximate surface area is 77.2 Å². The van der Waals surface area contributed by atoms with Crippen molar-refractivity contribution < 1.29 is 4.79 Å². The maximum atomic E-state index is 10.2. The molecular weight excluding hydrogens is 162 g/mol. The summed E-state index contributed by atoms with van der Waals surface area (Å²) in [6.07, 6.45) is 5.51. The predicted octanol–water partition coefficient (Wildman–Crippen LogP) is 1.48. The monoisotopic (exact) mass is 171 g/mol. The number of terminal acetylenes is 1. The quantitative estimate of drug-likeness (QED) is 0.434. The zero-order valence-corrected chi connectivity index (χ0v) is 7.16. The first kappa shape index (κ1) is 7.88. The summed E-state index contributed by atoms with van der Waals surface area (Å²) in [5.74, 6) is 0.0718. The second-order valence-corrected chi connectivity index (χ2v) is 3.01. The number of benzene rings is 1. The largest absolute Gasteiger partial charge is 0.274 e. The van der Waals surface area contributed by atoms with E-state index in [1.807, 2.05) is 0 Å². The van der Waals surface area contributed by atoms with Crippen LogP contribution in [0.3, 0.4) is 0 Å². The van der Waals surface area contributed by atoms with Crippen LogP contribution in [0.2, 0.25) is 0 Å². The van der Waals surface area contributed by atoms with Gasteiger partial charge >= 0.3 is 0 Å². The number of hydrogen-bond donors (Lipinski definition) is 0. The van der Waals surface area contributed by atoms with E-state index >= 15 is 0 Å². The summed E-state index contributed by atoms with van der Waals surface area (Å²) >= 11 is 0. The Balaban J connectivity index is 0.000000101. The van der Waals surface area contributed by atoms with Crippen molar-refractivity contribution >= 4 is 5.91 Å². The van der Waals surface area contributed by atoms with Gasteiger partial charge in [-0.2, -0.15) is 0 Å². The molecular formula is C11H9NO. The van der Waals surface area contributed by atoms with Crippen LogP contribution in [-0.2, 0) is 4.79 Å². The number of nitrogens with zero attached hydrogens (tertiary/aromatic N) is 1. The Bertz CT molecular complexity index is 372. The Kier molecular flexibility index (Phi) is 1.79. The van der Waals surface area contributed by atoms with Gasteiger partial charge in [-0.25, -0.2) is 0 Å².